The number of nitrogens with one attached hydrogen (secondary N) is 2. The number of aromatic amines is 1. The minimum atomic E-state index is -3.79. The van der Waals surface area contributed by atoms with Crippen LogP contribution in [0.2, 0.25) is 0 Å². The minimum Gasteiger partial charge on any atom is -0.392 e. The summed E-state index contributed by atoms with van der Waals surface area (Å²) < 4.78 is 26.9. The molecule has 3 N–H and O–H groups in total. The van der Waals surface area contributed by atoms with Crippen LogP contribution in [0.4, 0.5) is 5.69 Å². The lowest BCUT2D eigenvalue weighted by Gasteiger charge is -2.19. The number of sulfonamides is 1. The number of aromatic nitrogens is 2. The molecule has 114 valence electrons. The molecule has 1 aromatic carbocycles. The fraction of sp³-hybridized carbons (Fsp3) is 0.357. The molecule has 2 aromatic rings. The van der Waals surface area contributed by atoms with Crippen molar-refractivity contribution >= 4 is 15.7 Å². The molecule has 6 nitrogen and oxygen atoms in total. The quantitative estimate of drug-likeness (QED) is 0.805. The van der Waals surface area contributed by atoms with Crippen molar-refractivity contribution in [2.24, 2.45) is 0 Å². The van der Waals surface area contributed by atoms with Crippen LogP contribution in [0, 0.1) is 0 Å². The Morgan fingerprint density at radius 2 is 1.86 bits per heavy atom. The van der Waals surface area contributed by atoms with E-state index in [0.29, 0.717) is 5.69 Å². The summed E-state index contributed by atoms with van der Waals surface area (Å²) in [7, 11) is -3.79. The summed E-state index contributed by atoms with van der Waals surface area (Å²) in [4.78, 5) is 0. The van der Waals surface area contributed by atoms with Gasteiger partial charge in [-0.1, -0.05) is 32.9 Å². The molecule has 0 saturated carbocycles. The summed E-state index contributed by atoms with van der Waals surface area (Å²) in [6, 6.07) is 7.20. The van der Waals surface area contributed by atoms with Crippen molar-refractivity contribution in [3.05, 3.63) is 41.6 Å². The number of aliphatic hydroxyl groups excluding tert-OH is 1. The first-order valence-corrected chi connectivity index (χ1v) is 7.99. The minimum absolute atomic E-state index is 0.00480. The van der Waals surface area contributed by atoms with Crippen LogP contribution in [0.1, 0.15) is 31.9 Å². The van der Waals surface area contributed by atoms with Crippen molar-refractivity contribution in [3.8, 4) is 0 Å². The Morgan fingerprint density at radius 1 is 1.24 bits per heavy atom. The van der Waals surface area contributed by atoms with Gasteiger partial charge in [-0.25, -0.2) is 0 Å². The highest BCUT2D eigenvalue weighted by atomic mass is 32.2. The van der Waals surface area contributed by atoms with E-state index in [1.165, 1.54) is 6.20 Å². The van der Waals surface area contributed by atoms with Crippen molar-refractivity contribution in [2.75, 3.05) is 4.72 Å². The fourth-order valence-corrected chi connectivity index (χ4v) is 3.07. The van der Waals surface area contributed by atoms with E-state index >= 15 is 0 Å². The average molecular weight is 309 g/mol. The zero-order valence-corrected chi connectivity index (χ0v) is 13.0. The molecule has 0 saturated heterocycles. The summed E-state index contributed by atoms with van der Waals surface area (Å²) in [5.74, 6) is 0. The molecule has 0 amide bonds. The van der Waals surface area contributed by atoms with Crippen molar-refractivity contribution in [1.82, 2.24) is 10.2 Å². The van der Waals surface area contributed by atoms with Gasteiger partial charge in [-0.2, -0.15) is 13.5 Å². The Kier molecular flexibility index (Phi) is 4.06. The molecule has 1 aromatic heterocycles. The molecule has 0 unspecified atom stereocenters. The molecule has 1 heterocycles. The Hall–Kier alpha value is -1.86. The number of rotatable bonds is 4. The van der Waals surface area contributed by atoms with Gasteiger partial charge in [0, 0.05) is 11.3 Å². The van der Waals surface area contributed by atoms with Crippen molar-refractivity contribution in [1.29, 1.82) is 0 Å². The highest BCUT2D eigenvalue weighted by Gasteiger charge is 2.21. The molecule has 0 aliphatic heterocycles. The molecule has 0 radical (unpaired) electrons. The number of H-pyrrole nitrogens is 1. The molecule has 0 bridgehead atoms. The van der Waals surface area contributed by atoms with Gasteiger partial charge in [0.25, 0.3) is 10.0 Å². The average Bonchev–Trinajstić information content (AvgIpc) is 2.87. The van der Waals surface area contributed by atoms with Gasteiger partial charge in [0.05, 0.1) is 12.8 Å². The van der Waals surface area contributed by atoms with Crippen LogP contribution in [0.25, 0.3) is 0 Å². The Morgan fingerprint density at radius 3 is 2.38 bits per heavy atom. The smallest absolute Gasteiger partial charge is 0.279 e. The third-order valence-corrected chi connectivity index (χ3v) is 4.52. The first-order chi connectivity index (χ1) is 9.74. The van der Waals surface area contributed by atoms with Crippen molar-refractivity contribution in [3.63, 3.8) is 0 Å². The first kappa shape index (κ1) is 15.5. The van der Waals surface area contributed by atoms with E-state index < -0.39 is 16.6 Å². The standard InChI is InChI=1S/C14H19N3O3S/c1-14(2,3)11-4-6-12(7-5-11)17-21(19,20)13-10(9-18)8-15-16-13/h4-8,17-18H,9H2,1-3H3,(H,15,16). The number of benzene rings is 1. The molecule has 0 aliphatic carbocycles. The zero-order valence-electron chi connectivity index (χ0n) is 12.2. The molecular formula is C14H19N3O3S. The van der Waals surface area contributed by atoms with Gasteiger partial charge < -0.3 is 5.11 Å². The number of aliphatic hydroxyl groups is 1. The van der Waals surface area contributed by atoms with Gasteiger partial charge in [0.15, 0.2) is 5.03 Å². The maximum atomic E-state index is 12.2. The van der Waals surface area contributed by atoms with E-state index in [1.54, 1.807) is 12.1 Å². The predicted molar refractivity (Wildman–Crippen MR) is 80.5 cm³/mol. The van der Waals surface area contributed by atoms with E-state index in [4.69, 9.17) is 5.11 Å². The number of hydrogen-bond acceptors (Lipinski definition) is 4. The van der Waals surface area contributed by atoms with Crippen LogP contribution in [-0.2, 0) is 22.0 Å². The van der Waals surface area contributed by atoms with Crippen LogP contribution in [0.3, 0.4) is 0 Å². The van der Waals surface area contributed by atoms with Crippen molar-refractivity contribution in [2.45, 2.75) is 37.8 Å². The second-order valence-electron chi connectivity index (χ2n) is 5.82. The molecule has 0 spiro atoms. The van der Waals surface area contributed by atoms with Crippen LogP contribution < -0.4 is 4.72 Å². The van der Waals surface area contributed by atoms with E-state index in [0.717, 1.165) is 5.56 Å². The van der Waals surface area contributed by atoms with Crippen molar-refractivity contribution < 1.29 is 13.5 Å². The van der Waals surface area contributed by atoms with Gasteiger partial charge in [0.1, 0.15) is 0 Å². The molecule has 0 fully saturated rings. The van der Waals surface area contributed by atoms with E-state index in [9.17, 15) is 8.42 Å². The van der Waals surface area contributed by atoms with Gasteiger partial charge in [-0.05, 0) is 23.1 Å². The second kappa shape index (κ2) is 5.50. The number of anilines is 1. The molecule has 0 atom stereocenters. The van der Waals surface area contributed by atoms with E-state index in [1.807, 2.05) is 12.1 Å². The Bertz CT molecular complexity index is 713. The monoisotopic (exact) mass is 309 g/mol. The normalized spacial score (nSPS) is 12.4. The lowest BCUT2D eigenvalue weighted by atomic mass is 9.87. The molecule has 21 heavy (non-hydrogen) atoms. The summed E-state index contributed by atoms with van der Waals surface area (Å²) in [5, 5.41) is 15.0. The lowest BCUT2D eigenvalue weighted by molar-refractivity contribution is 0.278. The lowest BCUT2D eigenvalue weighted by Crippen LogP contribution is -2.16. The van der Waals surface area contributed by atoms with Crippen LogP contribution in [-0.4, -0.2) is 23.7 Å². The molecular weight excluding hydrogens is 290 g/mol. The fourth-order valence-electron chi connectivity index (χ4n) is 1.89. The third-order valence-electron chi connectivity index (χ3n) is 3.12. The summed E-state index contributed by atoms with van der Waals surface area (Å²) in [5.41, 5.74) is 1.81. The highest BCUT2D eigenvalue weighted by molar-refractivity contribution is 7.92. The SMILES string of the molecule is CC(C)(C)c1ccc(NS(=O)(=O)c2[nH]ncc2CO)cc1. The van der Waals surface area contributed by atoms with Gasteiger partial charge >= 0.3 is 0 Å². The molecule has 0 aliphatic rings. The summed E-state index contributed by atoms with van der Waals surface area (Å²) in [6.07, 6.45) is 1.29. The maximum Gasteiger partial charge on any atom is 0.279 e. The topological polar surface area (TPSA) is 95.1 Å². The third kappa shape index (κ3) is 3.43. The predicted octanol–water partition coefficient (Wildman–Crippen LogP) is 2.00. The number of nitrogens with zero attached hydrogens (tertiary/aromatic N) is 1. The summed E-state index contributed by atoms with van der Waals surface area (Å²) in [6.45, 7) is 5.87. The van der Waals surface area contributed by atoms with Crippen LogP contribution in [0.15, 0.2) is 35.5 Å². The van der Waals surface area contributed by atoms with Crippen LogP contribution >= 0.6 is 0 Å². The second-order valence-corrected chi connectivity index (χ2v) is 7.43. The van der Waals surface area contributed by atoms with Gasteiger partial charge in [0.2, 0.25) is 0 Å². The Labute approximate surface area is 124 Å². The zero-order chi connectivity index (χ0) is 15.7. The van der Waals surface area contributed by atoms with Crippen LogP contribution in [0.5, 0.6) is 0 Å². The van der Waals surface area contributed by atoms with E-state index in [-0.39, 0.29) is 16.0 Å². The number of hydrogen-bond donors (Lipinski definition) is 3. The van der Waals surface area contributed by atoms with Gasteiger partial charge in [-0.3, -0.25) is 9.82 Å². The maximum absolute atomic E-state index is 12.2. The van der Waals surface area contributed by atoms with Gasteiger partial charge in [-0.15, -0.1) is 0 Å². The largest absolute Gasteiger partial charge is 0.392 e. The van der Waals surface area contributed by atoms with E-state index in [2.05, 4.69) is 35.7 Å². The summed E-state index contributed by atoms with van der Waals surface area (Å²) >= 11 is 0. The molecule has 7 heteroatoms. The Balaban J connectivity index is 2.25. The first-order valence-electron chi connectivity index (χ1n) is 6.50. The highest BCUT2D eigenvalue weighted by Crippen LogP contribution is 2.24. The molecule has 2 rings (SSSR count).